The molecule has 0 bridgehead atoms. The number of likely N-dealkylation sites (tertiary alicyclic amines) is 1. The van der Waals surface area contributed by atoms with E-state index in [0.29, 0.717) is 26.4 Å². The predicted octanol–water partition coefficient (Wildman–Crippen LogP) is 0.882. The highest BCUT2D eigenvalue weighted by Gasteiger charge is 2.27. The zero-order chi connectivity index (χ0) is 14.0. The minimum absolute atomic E-state index is 0.654. The number of nitrogens with zero attached hydrogens (tertiary/aromatic N) is 1. The van der Waals surface area contributed by atoms with E-state index in [1.807, 2.05) is 0 Å². The Morgan fingerprint density at radius 1 is 1.00 bits per heavy atom. The first-order valence-electron chi connectivity index (χ1n) is 8.02. The molecule has 1 heterocycles. The molecule has 5 heteroatoms. The average molecular weight is 286 g/mol. The second-order valence-electron chi connectivity index (χ2n) is 5.73. The van der Waals surface area contributed by atoms with E-state index < -0.39 is 0 Å². The van der Waals surface area contributed by atoms with E-state index in [1.54, 1.807) is 7.11 Å². The lowest BCUT2D eigenvalue weighted by atomic mass is 10.2. The lowest BCUT2D eigenvalue weighted by Gasteiger charge is -2.24. The summed E-state index contributed by atoms with van der Waals surface area (Å²) in [5.74, 6) is 0. The van der Waals surface area contributed by atoms with Crippen LogP contribution in [0.15, 0.2) is 0 Å². The number of rotatable bonds is 12. The van der Waals surface area contributed by atoms with Crippen LogP contribution in [0.25, 0.3) is 0 Å². The summed E-state index contributed by atoms with van der Waals surface area (Å²) >= 11 is 0. The highest BCUT2D eigenvalue weighted by Crippen LogP contribution is 2.21. The quantitative estimate of drug-likeness (QED) is 0.540. The van der Waals surface area contributed by atoms with Gasteiger partial charge in [-0.2, -0.15) is 0 Å². The molecule has 1 N–H and O–H groups in total. The molecule has 1 aliphatic heterocycles. The van der Waals surface area contributed by atoms with Crippen molar-refractivity contribution in [1.29, 1.82) is 0 Å². The SMILES string of the molecule is COCCOCCOCCN1CCCC1CNC1CC1. The summed E-state index contributed by atoms with van der Waals surface area (Å²) in [7, 11) is 1.68. The number of methoxy groups -OCH3 is 1. The van der Waals surface area contributed by atoms with Gasteiger partial charge in [0.25, 0.3) is 0 Å². The fourth-order valence-corrected chi connectivity index (χ4v) is 2.66. The molecule has 1 atom stereocenters. The van der Waals surface area contributed by atoms with Crippen LogP contribution in [0.5, 0.6) is 0 Å². The molecular weight excluding hydrogens is 256 g/mol. The van der Waals surface area contributed by atoms with Gasteiger partial charge in [-0.05, 0) is 32.2 Å². The van der Waals surface area contributed by atoms with Crippen molar-refractivity contribution < 1.29 is 14.2 Å². The fourth-order valence-electron chi connectivity index (χ4n) is 2.66. The Labute approximate surface area is 122 Å². The van der Waals surface area contributed by atoms with Gasteiger partial charge in [-0.1, -0.05) is 0 Å². The minimum Gasteiger partial charge on any atom is -0.382 e. The van der Waals surface area contributed by atoms with E-state index in [1.165, 1.54) is 32.2 Å². The van der Waals surface area contributed by atoms with Crippen molar-refractivity contribution in [2.24, 2.45) is 0 Å². The van der Waals surface area contributed by atoms with Gasteiger partial charge in [0.15, 0.2) is 0 Å². The molecule has 0 amide bonds. The lowest BCUT2D eigenvalue weighted by Crippen LogP contribution is -2.40. The normalized spacial score (nSPS) is 23.6. The molecule has 0 spiro atoms. The van der Waals surface area contributed by atoms with Gasteiger partial charge in [-0.15, -0.1) is 0 Å². The molecule has 20 heavy (non-hydrogen) atoms. The Hall–Kier alpha value is -0.200. The zero-order valence-electron chi connectivity index (χ0n) is 12.8. The molecule has 1 aliphatic carbocycles. The van der Waals surface area contributed by atoms with Crippen molar-refractivity contribution in [2.75, 3.05) is 59.8 Å². The zero-order valence-corrected chi connectivity index (χ0v) is 12.8. The maximum atomic E-state index is 5.63. The second-order valence-corrected chi connectivity index (χ2v) is 5.73. The maximum Gasteiger partial charge on any atom is 0.0701 e. The van der Waals surface area contributed by atoms with E-state index in [9.17, 15) is 0 Å². The van der Waals surface area contributed by atoms with Gasteiger partial charge in [-0.25, -0.2) is 0 Å². The third kappa shape index (κ3) is 6.50. The van der Waals surface area contributed by atoms with Gasteiger partial charge in [0.1, 0.15) is 0 Å². The molecule has 2 rings (SSSR count). The first-order valence-corrected chi connectivity index (χ1v) is 8.02. The van der Waals surface area contributed by atoms with E-state index in [4.69, 9.17) is 14.2 Å². The highest BCUT2D eigenvalue weighted by atomic mass is 16.5. The van der Waals surface area contributed by atoms with Crippen LogP contribution in [0, 0.1) is 0 Å². The van der Waals surface area contributed by atoms with Gasteiger partial charge in [0.2, 0.25) is 0 Å². The summed E-state index contributed by atoms with van der Waals surface area (Å²) in [4.78, 5) is 2.57. The highest BCUT2D eigenvalue weighted by molar-refractivity contribution is 4.86. The standard InChI is InChI=1S/C15H30N2O3/c1-18-9-10-20-12-11-19-8-7-17-6-2-3-15(17)13-16-14-4-5-14/h14-16H,2-13H2,1H3. The van der Waals surface area contributed by atoms with Crippen LogP contribution in [-0.2, 0) is 14.2 Å². The molecular formula is C15H30N2O3. The monoisotopic (exact) mass is 286 g/mol. The Balaban J connectivity index is 1.43. The Bertz CT molecular complexity index is 249. The summed E-state index contributed by atoms with van der Waals surface area (Å²) < 4.78 is 15.9. The van der Waals surface area contributed by atoms with Crippen molar-refractivity contribution >= 4 is 0 Å². The van der Waals surface area contributed by atoms with Crippen LogP contribution < -0.4 is 5.32 Å². The topological polar surface area (TPSA) is 43.0 Å². The van der Waals surface area contributed by atoms with Crippen LogP contribution in [-0.4, -0.2) is 76.8 Å². The van der Waals surface area contributed by atoms with Crippen LogP contribution in [0.3, 0.4) is 0 Å². The van der Waals surface area contributed by atoms with Crippen LogP contribution in [0.1, 0.15) is 25.7 Å². The first kappa shape index (κ1) is 16.2. The van der Waals surface area contributed by atoms with E-state index in [2.05, 4.69) is 10.2 Å². The van der Waals surface area contributed by atoms with Gasteiger partial charge < -0.3 is 19.5 Å². The van der Waals surface area contributed by atoms with Crippen molar-refractivity contribution in [3.05, 3.63) is 0 Å². The van der Waals surface area contributed by atoms with Crippen molar-refractivity contribution in [1.82, 2.24) is 10.2 Å². The molecule has 5 nitrogen and oxygen atoms in total. The molecule has 0 aromatic heterocycles. The molecule has 2 fully saturated rings. The van der Waals surface area contributed by atoms with E-state index in [0.717, 1.165) is 31.8 Å². The smallest absolute Gasteiger partial charge is 0.0701 e. The van der Waals surface area contributed by atoms with Gasteiger partial charge in [0, 0.05) is 32.3 Å². The summed E-state index contributed by atoms with van der Waals surface area (Å²) in [6.45, 7) is 6.90. The van der Waals surface area contributed by atoms with Gasteiger partial charge in [-0.3, -0.25) is 4.90 Å². The number of hydrogen-bond acceptors (Lipinski definition) is 5. The molecule has 118 valence electrons. The third-order valence-electron chi connectivity index (χ3n) is 4.05. The minimum atomic E-state index is 0.654. The average Bonchev–Trinajstić information content (AvgIpc) is 3.19. The molecule has 0 radical (unpaired) electrons. The fraction of sp³-hybridized carbons (Fsp3) is 1.00. The predicted molar refractivity (Wildman–Crippen MR) is 79.1 cm³/mol. The first-order chi connectivity index (χ1) is 9.90. The Kier molecular flexibility index (Phi) is 7.83. The summed E-state index contributed by atoms with van der Waals surface area (Å²) in [6, 6.07) is 1.54. The molecule has 0 aromatic rings. The van der Waals surface area contributed by atoms with Crippen molar-refractivity contribution in [2.45, 2.75) is 37.8 Å². The van der Waals surface area contributed by atoms with Gasteiger partial charge >= 0.3 is 0 Å². The van der Waals surface area contributed by atoms with Crippen LogP contribution in [0.4, 0.5) is 0 Å². The number of nitrogens with one attached hydrogen (secondary N) is 1. The van der Waals surface area contributed by atoms with Gasteiger partial charge in [0.05, 0.1) is 33.0 Å². The Morgan fingerprint density at radius 3 is 2.50 bits per heavy atom. The molecule has 1 saturated carbocycles. The number of hydrogen-bond donors (Lipinski definition) is 1. The molecule has 1 saturated heterocycles. The van der Waals surface area contributed by atoms with Crippen molar-refractivity contribution in [3.63, 3.8) is 0 Å². The Morgan fingerprint density at radius 2 is 1.75 bits per heavy atom. The lowest BCUT2D eigenvalue weighted by molar-refractivity contribution is 0.0187. The van der Waals surface area contributed by atoms with Crippen LogP contribution in [0.2, 0.25) is 0 Å². The van der Waals surface area contributed by atoms with Crippen molar-refractivity contribution in [3.8, 4) is 0 Å². The molecule has 2 aliphatic rings. The second kappa shape index (κ2) is 9.68. The van der Waals surface area contributed by atoms with Crippen LogP contribution >= 0.6 is 0 Å². The maximum absolute atomic E-state index is 5.63. The number of ether oxygens (including phenoxy) is 3. The van der Waals surface area contributed by atoms with E-state index in [-0.39, 0.29) is 0 Å². The summed E-state index contributed by atoms with van der Waals surface area (Å²) in [5.41, 5.74) is 0. The molecule has 1 unspecified atom stereocenters. The summed E-state index contributed by atoms with van der Waals surface area (Å²) in [5, 5.41) is 3.64. The van der Waals surface area contributed by atoms with E-state index >= 15 is 0 Å². The molecule has 0 aromatic carbocycles. The third-order valence-corrected chi connectivity index (χ3v) is 4.05. The summed E-state index contributed by atoms with van der Waals surface area (Å²) in [6.07, 6.45) is 5.41. The largest absolute Gasteiger partial charge is 0.382 e.